The highest BCUT2D eigenvalue weighted by molar-refractivity contribution is 5.81. The van der Waals surface area contributed by atoms with Gasteiger partial charge in [0.1, 0.15) is 5.54 Å². The molecule has 2 heterocycles. The van der Waals surface area contributed by atoms with Gasteiger partial charge in [-0.25, -0.2) is 0 Å². The van der Waals surface area contributed by atoms with Crippen LogP contribution in [0.5, 0.6) is 0 Å². The van der Waals surface area contributed by atoms with E-state index in [1.807, 2.05) is 4.90 Å². The average Bonchev–Trinajstić information content (AvgIpc) is 2.45. The van der Waals surface area contributed by atoms with Crippen LogP contribution in [0.4, 0.5) is 0 Å². The van der Waals surface area contributed by atoms with Crippen molar-refractivity contribution in [1.82, 2.24) is 9.80 Å². The summed E-state index contributed by atoms with van der Waals surface area (Å²) in [4.78, 5) is 26.2. The summed E-state index contributed by atoms with van der Waals surface area (Å²) < 4.78 is 0. The van der Waals surface area contributed by atoms with Gasteiger partial charge in [-0.05, 0) is 12.8 Å². The highest BCUT2D eigenvalue weighted by Crippen LogP contribution is 2.19. The van der Waals surface area contributed by atoms with E-state index >= 15 is 0 Å². The molecule has 2 saturated heterocycles. The van der Waals surface area contributed by atoms with Gasteiger partial charge in [-0.15, -0.1) is 0 Å². The van der Waals surface area contributed by atoms with Crippen molar-refractivity contribution in [2.45, 2.75) is 18.4 Å². The Morgan fingerprint density at radius 3 is 2.44 bits per heavy atom. The molecule has 2 fully saturated rings. The number of amides is 1. The van der Waals surface area contributed by atoms with Crippen molar-refractivity contribution in [3.63, 3.8) is 0 Å². The summed E-state index contributed by atoms with van der Waals surface area (Å²) >= 11 is 0. The van der Waals surface area contributed by atoms with E-state index in [0.29, 0.717) is 19.5 Å². The van der Waals surface area contributed by atoms with E-state index < -0.39 is 11.5 Å². The molecule has 0 bridgehead atoms. The number of hydrogen-bond donors (Lipinski definition) is 2. The third-order valence-corrected chi connectivity index (χ3v) is 3.37. The first-order valence-electron chi connectivity index (χ1n) is 5.54. The molecule has 6 heteroatoms. The lowest BCUT2D eigenvalue weighted by molar-refractivity contribution is -0.143. The highest BCUT2D eigenvalue weighted by atomic mass is 16.4. The van der Waals surface area contributed by atoms with E-state index in [0.717, 1.165) is 19.5 Å². The number of likely N-dealkylation sites (tertiary alicyclic amines) is 2. The topological polar surface area (TPSA) is 86.9 Å². The minimum Gasteiger partial charge on any atom is -0.480 e. The number of carboxylic acid groups (broad SMARTS) is 1. The molecule has 2 rings (SSSR count). The van der Waals surface area contributed by atoms with Crippen LogP contribution in [0, 0.1) is 0 Å². The van der Waals surface area contributed by atoms with Gasteiger partial charge in [-0.3, -0.25) is 14.5 Å². The summed E-state index contributed by atoms with van der Waals surface area (Å²) in [6.45, 7) is 2.81. The van der Waals surface area contributed by atoms with E-state index in [-0.39, 0.29) is 12.5 Å². The average molecular weight is 227 g/mol. The molecule has 2 aliphatic heterocycles. The number of carbonyl (C=O) groups is 2. The van der Waals surface area contributed by atoms with Gasteiger partial charge in [-0.1, -0.05) is 0 Å². The fourth-order valence-corrected chi connectivity index (χ4v) is 2.08. The Hall–Kier alpha value is -1.14. The fourth-order valence-electron chi connectivity index (χ4n) is 2.08. The van der Waals surface area contributed by atoms with Gasteiger partial charge >= 0.3 is 5.97 Å². The summed E-state index contributed by atoms with van der Waals surface area (Å²) in [5, 5.41) is 8.94. The fraction of sp³-hybridized carbons (Fsp3) is 0.800. The van der Waals surface area contributed by atoms with Crippen molar-refractivity contribution in [2.24, 2.45) is 5.73 Å². The van der Waals surface area contributed by atoms with Crippen molar-refractivity contribution in [1.29, 1.82) is 0 Å². The molecule has 0 spiro atoms. The van der Waals surface area contributed by atoms with Crippen LogP contribution in [0.15, 0.2) is 0 Å². The maximum Gasteiger partial charge on any atom is 0.325 e. The van der Waals surface area contributed by atoms with Crippen molar-refractivity contribution in [3.8, 4) is 0 Å². The first-order valence-corrected chi connectivity index (χ1v) is 5.54. The van der Waals surface area contributed by atoms with Gasteiger partial charge in [0.2, 0.25) is 5.91 Å². The second kappa shape index (κ2) is 4.03. The lowest BCUT2D eigenvalue weighted by Crippen LogP contribution is -2.51. The van der Waals surface area contributed by atoms with Gasteiger partial charge < -0.3 is 15.7 Å². The van der Waals surface area contributed by atoms with Gasteiger partial charge in [0.25, 0.3) is 0 Å². The van der Waals surface area contributed by atoms with Crippen LogP contribution in [0.3, 0.4) is 0 Å². The third-order valence-electron chi connectivity index (χ3n) is 3.37. The smallest absolute Gasteiger partial charge is 0.325 e. The predicted octanol–water partition coefficient (Wildman–Crippen LogP) is -1.29. The number of carboxylic acids is 1. The molecule has 2 aliphatic rings. The Morgan fingerprint density at radius 2 is 2.00 bits per heavy atom. The number of carbonyl (C=O) groups excluding carboxylic acids is 1. The Bertz CT molecular complexity index is 316. The molecule has 90 valence electrons. The molecule has 3 N–H and O–H groups in total. The first-order chi connectivity index (χ1) is 7.51. The summed E-state index contributed by atoms with van der Waals surface area (Å²) in [6.07, 6.45) is 1.48. The molecule has 6 nitrogen and oxygen atoms in total. The van der Waals surface area contributed by atoms with Gasteiger partial charge in [-0.2, -0.15) is 0 Å². The van der Waals surface area contributed by atoms with Crippen molar-refractivity contribution >= 4 is 11.9 Å². The van der Waals surface area contributed by atoms with Gasteiger partial charge in [0.05, 0.1) is 6.54 Å². The number of rotatable bonds is 3. The number of nitrogens with two attached hydrogens (primary N) is 1. The molecule has 16 heavy (non-hydrogen) atoms. The predicted molar refractivity (Wildman–Crippen MR) is 56.8 cm³/mol. The van der Waals surface area contributed by atoms with Crippen LogP contribution in [-0.2, 0) is 9.59 Å². The molecular weight excluding hydrogens is 210 g/mol. The molecule has 0 radical (unpaired) electrons. The quantitative estimate of drug-likeness (QED) is 0.626. The van der Waals surface area contributed by atoms with E-state index in [9.17, 15) is 9.59 Å². The maximum atomic E-state index is 11.7. The normalized spacial score (nSPS) is 30.2. The van der Waals surface area contributed by atoms with Gasteiger partial charge in [0.15, 0.2) is 0 Å². The van der Waals surface area contributed by atoms with Crippen molar-refractivity contribution in [3.05, 3.63) is 0 Å². The zero-order chi connectivity index (χ0) is 11.8. The second-order valence-corrected chi connectivity index (χ2v) is 4.66. The molecule has 1 unspecified atom stereocenters. The lowest BCUT2D eigenvalue weighted by Gasteiger charge is -2.32. The Balaban J connectivity index is 1.84. The zero-order valence-corrected chi connectivity index (χ0v) is 9.19. The maximum absolute atomic E-state index is 11.7. The van der Waals surface area contributed by atoms with Gasteiger partial charge in [0, 0.05) is 26.2 Å². The standard InChI is InChI=1S/C10H17N3O3/c11-10(9(15)16)2-5-12(7-10)6-8(14)13-3-1-4-13/h1-7,11H2,(H,15,16). The van der Waals surface area contributed by atoms with Crippen LogP contribution < -0.4 is 5.73 Å². The molecular formula is C10H17N3O3. The van der Waals surface area contributed by atoms with E-state index in [1.54, 1.807) is 4.90 Å². The number of nitrogens with zero attached hydrogens (tertiary/aromatic N) is 2. The minimum atomic E-state index is -1.17. The number of aliphatic carboxylic acids is 1. The monoisotopic (exact) mass is 227 g/mol. The molecule has 0 aromatic rings. The molecule has 1 amide bonds. The van der Waals surface area contributed by atoms with E-state index in [1.165, 1.54) is 0 Å². The third kappa shape index (κ3) is 2.03. The van der Waals surface area contributed by atoms with Crippen LogP contribution in [0.1, 0.15) is 12.8 Å². The van der Waals surface area contributed by atoms with E-state index in [2.05, 4.69) is 0 Å². The van der Waals surface area contributed by atoms with Crippen LogP contribution in [-0.4, -0.2) is 65.0 Å². The minimum absolute atomic E-state index is 0.0842. The second-order valence-electron chi connectivity index (χ2n) is 4.66. The Morgan fingerprint density at radius 1 is 1.31 bits per heavy atom. The molecule has 0 saturated carbocycles. The van der Waals surface area contributed by atoms with Crippen LogP contribution in [0.2, 0.25) is 0 Å². The Labute approximate surface area is 94.0 Å². The first kappa shape index (κ1) is 11.3. The zero-order valence-electron chi connectivity index (χ0n) is 9.19. The summed E-state index contributed by atoms with van der Waals surface area (Å²) in [6, 6.07) is 0. The largest absolute Gasteiger partial charge is 0.480 e. The summed E-state index contributed by atoms with van der Waals surface area (Å²) in [7, 11) is 0. The van der Waals surface area contributed by atoms with E-state index in [4.69, 9.17) is 10.8 Å². The Kier molecular flexibility index (Phi) is 2.86. The SMILES string of the molecule is NC1(C(=O)O)CCN(CC(=O)N2CCC2)C1. The molecule has 0 aromatic heterocycles. The lowest BCUT2D eigenvalue weighted by atomic mass is 10.0. The summed E-state index contributed by atoms with van der Waals surface area (Å²) in [5.41, 5.74) is 4.55. The molecule has 1 atom stereocenters. The van der Waals surface area contributed by atoms with Crippen molar-refractivity contribution < 1.29 is 14.7 Å². The highest BCUT2D eigenvalue weighted by Gasteiger charge is 2.42. The molecule has 0 aromatic carbocycles. The van der Waals surface area contributed by atoms with Crippen LogP contribution in [0.25, 0.3) is 0 Å². The number of hydrogen-bond acceptors (Lipinski definition) is 4. The van der Waals surface area contributed by atoms with Crippen LogP contribution >= 0.6 is 0 Å². The molecule has 0 aliphatic carbocycles. The van der Waals surface area contributed by atoms with Crippen molar-refractivity contribution in [2.75, 3.05) is 32.7 Å². The summed E-state index contributed by atoms with van der Waals surface area (Å²) in [5.74, 6) is -0.896.